The molecule has 0 radical (unpaired) electrons. The zero-order valence-electron chi connectivity index (χ0n) is 10.3. The van der Waals surface area contributed by atoms with Crippen molar-refractivity contribution in [1.82, 2.24) is 19.9 Å². The van der Waals surface area contributed by atoms with Crippen LogP contribution in [0, 0.1) is 0 Å². The van der Waals surface area contributed by atoms with Crippen LogP contribution in [0.1, 0.15) is 12.8 Å². The van der Waals surface area contributed by atoms with Crippen LogP contribution in [-0.2, 0) is 0 Å². The first-order valence-electron chi connectivity index (χ1n) is 6.19. The molecule has 0 aliphatic carbocycles. The van der Waals surface area contributed by atoms with Crippen LogP contribution in [0.25, 0.3) is 5.65 Å². The SMILES string of the molecule is CN(c1nc2ccc(Cl)cn2n1)C1CCCNC1. The summed E-state index contributed by atoms with van der Waals surface area (Å²) in [6, 6.07) is 4.18. The molecule has 2 aromatic rings. The Labute approximate surface area is 111 Å². The third kappa shape index (κ3) is 2.15. The quantitative estimate of drug-likeness (QED) is 0.895. The van der Waals surface area contributed by atoms with Gasteiger partial charge in [-0.1, -0.05) is 11.6 Å². The van der Waals surface area contributed by atoms with Gasteiger partial charge in [0.2, 0.25) is 5.95 Å². The highest BCUT2D eigenvalue weighted by Crippen LogP contribution is 2.17. The number of likely N-dealkylation sites (N-methyl/N-ethyl adjacent to an activating group) is 1. The molecule has 6 heteroatoms. The fourth-order valence-electron chi connectivity index (χ4n) is 2.32. The topological polar surface area (TPSA) is 45.5 Å². The summed E-state index contributed by atoms with van der Waals surface area (Å²) in [5, 5.41) is 8.54. The van der Waals surface area contributed by atoms with Crippen molar-refractivity contribution in [2.24, 2.45) is 0 Å². The Kier molecular flexibility index (Phi) is 3.09. The van der Waals surface area contributed by atoms with Crippen LogP contribution in [0.2, 0.25) is 5.02 Å². The Morgan fingerprint density at radius 3 is 3.17 bits per heavy atom. The lowest BCUT2D eigenvalue weighted by Gasteiger charge is -2.30. The van der Waals surface area contributed by atoms with Gasteiger partial charge in [0.25, 0.3) is 0 Å². The fourth-order valence-corrected chi connectivity index (χ4v) is 2.48. The molecule has 2 aromatic heterocycles. The second kappa shape index (κ2) is 4.74. The lowest BCUT2D eigenvalue weighted by Crippen LogP contribution is -2.44. The molecule has 1 aliphatic heterocycles. The summed E-state index contributed by atoms with van der Waals surface area (Å²) in [6.07, 6.45) is 4.16. The van der Waals surface area contributed by atoms with Crippen LogP contribution in [-0.4, -0.2) is 40.8 Å². The summed E-state index contributed by atoms with van der Waals surface area (Å²) < 4.78 is 1.73. The zero-order chi connectivity index (χ0) is 12.5. The normalized spacial score (nSPS) is 20.2. The highest BCUT2D eigenvalue weighted by molar-refractivity contribution is 6.30. The van der Waals surface area contributed by atoms with Crippen molar-refractivity contribution in [2.45, 2.75) is 18.9 Å². The van der Waals surface area contributed by atoms with E-state index in [1.54, 1.807) is 10.7 Å². The Morgan fingerprint density at radius 2 is 2.39 bits per heavy atom. The third-order valence-corrected chi connectivity index (χ3v) is 3.64. The van der Waals surface area contributed by atoms with Gasteiger partial charge in [0.1, 0.15) is 0 Å². The Morgan fingerprint density at radius 1 is 1.50 bits per heavy atom. The molecule has 1 aliphatic rings. The molecule has 0 amide bonds. The van der Waals surface area contributed by atoms with Gasteiger partial charge in [-0.2, -0.15) is 4.98 Å². The third-order valence-electron chi connectivity index (χ3n) is 3.42. The number of halogens is 1. The Bertz CT molecular complexity index is 546. The van der Waals surface area contributed by atoms with E-state index in [0.29, 0.717) is 11.1 Å². The van der Waals surface area contributed by atoms with E-state index in [1.807, 2.05) is 19.2 Å². The molecular formula is C12H16ClN5. The number of nitrogens with zero attached hydrogens (tertiary/aromatic N) is 4. The second-order valence-electron chi connectivity index (χ2n) is 4.67. The van der Waals surface area contributed by atoms with E-state index in [-0.39, 0.29) is 0 Å². The number of nitrogens with one attached hydrogen (secondary N) is 1. The molecule has 96 valence electrons. The van der Waals surface area contributed by atoms with E-state index in [9.17, 15) is 0 Å². The molecule has 0 aromatic carbocycles. The van der Waals surface area contributed by atoms with Crippen LogP contribution < -0.4 is 10.2 Å². The van der Waals surface area contributed by atoms with Crippen LogP contribution in [0.15, 0.2) is 18.3 Å². The molecule has 1 N–H and O–H groups in total. The predicted octanol–water partition coefficient (Wildman–Crippen LogP) is 1.57. The van der Waals surface area contributed by atoms with Crippen LogP contribution in [0.4, 0.5) is 5.95 Å². The highest BCUT2D eigenvalue weighted by atomic mass is 35.5. The van der Waals surface area contributed by atoms with Crippen LogP contribution in [0.3, 0.4) is 0 Å². The van der Waals surface area contributed by atoms with Gasteiger partial charge in [-0.05, 0) is 31.5 Å². The standard InChI is InChI=1S/C12H16ClN5/c1-17(10-3-2-6-14-7-10)12-15-11-5-4-9(13)8-18(11)16-12/h4-5,8,10,14H,2-3,6-7H2,1H3. The lowest BCUT2D eigenvalue weighted by molar-refractivity contribution is 0.441. The van der Waals surface area contributed by atoms with E-state index >= 15 is 0 Å². The molecule has 1 saturated heterocycles. The van der Waals surface area contributed by atoms with Crippen molar-refractivity contribution >= 4 is 23.2 Å². The highest BCUT2D eigenvalue weighted by Gasteiger charge is 2.20. The second-order valence-corrected chi connectivity index (χ2v) is 5.11. The number of hydrogen-bond acceptors (Lipinski definition) is 4. The monoisotopic (exact) mass is 265 g/mol. The lowest BCUT2D eigenvalue weighted by atomic mass is 10.1. The molecule has 1 atom stereocenters. The van der Waals surface area contributed by atoms with Crippen LogP contribution in [0.5, 0.6) is 0 Å². The zero-order valence-corrected chi connectivity index (χ0v) is 11.1. The summed E-state index contributed by atoms with van der Waals surface area (Å²) in [6.45, 7) is 2.10. The van der Waals surface area contributed by atoms with Crippen molar-refractivity contribution in [3.8, 4) is 0 Å². The number of hydrogen-bond donors (Lipinski definition) is 1. The number of aromatic nitrogens is 3. The summed E-state index contributed by atoms with van der Waals surface area (Å²) in [5.74, 6) is 0.756. The maximum Gasteiger partial charge on any atom is 0.245 e. The van der Waals surface area contributed by atoms with E-state index in [2.05, 4.69) is 20.3 Å². The fraction of sp³-hybridized carbons (Fsp3) is 0.500. The minimum Gasteiger partial charge on any atom is -0.338 e. The smallest absolute Gasteiger partial charge is 0.245 e. The minimum atomic E-state index is 0.464. The molecule has 1 unspecified atom stereocenters. The van der Waals surface area contributed by atoms with Gasteiger partial charge in [0, 0.05) is 25.8 Å². The van der Waals surface area contributed by atoms with E-state index in [0.717, 1.165) is 24.7 Å². The van der Waals surface area contributed by atoms with Gasteiger partial charge in [-0.3, -0.25) is 0 Å². The number of pyridine rings is 1. The van der Waals surface area contributed by atoms with E-state index < -0.39 is 0 Å². The minimum absolute atomic E-state index is 0.464. The van der Waals surface area contributed by atoms with Crippen molar-refractivity contribution in [3.63, 3.8) is 0 Å². The average Bonchev–Trinajstić information content (AvgIpc) is 2.81. The molecule has 5 nitrogen and oxygen atoms in total. The molecule has 1 fully saturated rings. The average molecular weight is 266 g/mol. The summed E-state index contributed by atoms with van der Waals surface area (Å²) >= 11 is 5.94. The first kappa shape index (κ1) is 11.7. The molecule has 3 heterocycles. The maximum absolute atomic E-state index is 5.94. The van der Waals surface area contributed by atoms with Gasteiger partial charge in [-0.15, -0.1) is 5.10 Å². The maximum atomic E-state index is 5.94. The first-order chi connectivity index (χ1) is 8.74. The number of fused-ring (bicyclic) bond motifs is 1. The van der Waals surface area contributed by atoms with Gasteiger partial charge >= 0.3 is 0 Å². The van der Waals surface area contributed by atoms with Gasteiger partial charge in [-0.25, -0.2) is 4.52 Å². The van der Waals surface area contributed by atoms with Crippen molar-refractivity contribution < 1.29 is 0 Å². The summed E-state index contributed by atoms with van der Waals surface area (Å²) in [4.78, 5) is 6.67. The number of rotatable bonds is 2. The van der Waals surface area contributed by atoms with Crippen molar-refractivity contribution in [2.75, 3.05) is 25.0 Å². The van der Waals surface area contributed by atoms with Gasteiger partial charge < -0.3 is 10.2 Å². The molecule has 3 rings (SSSR count). The Balaban J connectivity index is 1.88. The largest absolute Gasteiger partial charge is 0.338 e. The van der Waals surface area contributed by atoms with Crippen molar-refractivity contribution in [3.05, 3.63) is 23.4 Å². The number of anilines is 1. The number of piperidine rings is 1. The molecular weight excluding hydrogens is 250 g/mol. The van der Waals surface area contributed by atoms with E-state index in [4.69, 9.17) is 11.6 Å². The Hall–Kier alpha value is -1.33. The first-order valence-corrected chi connectivity index (χ1v) is 6.57. The van der Waals surface area contributed by atoms with Crippen LogP contribution >= 0.6 is 11.6 Å². The van der Waals surface area contributed by atoms with Gasteiger partial charge in [0.05, 0.1) is 5.02 Å². The van der Waals surface area contributed by atoms with Gasteiger partial charge in [0.15, 0.2) is 5.65 Å². The molecule has 18 heavy (non-hydrogen) atoms. The predicted molar refractivity (Wildman–Crippen MR) is 72.3 cm³/mol. The molecule has 0 bridgehead atoms. The summed E-state index contributed by atoms with van der Waals surface area (Å²) in [7, 11) is 2.05. The summed E-state index contributed by atoms with van der Waals surface area (Å²) in [5.41, 5.74) is 0.824. The molecule has 0 spiro atoms. The van der Waals surface area contributed by atoms with E-state index in [1.165, 1.54) is 12.8 Å². The molecule has 0 saturated carbocycles. The van der Waals surface area contributed by atoms with Crippen molar-refractivity contribution in [1.29, 1.82) is 0 Å².